The van der Waals surface area contributed by atoms with Crippen LogP contribution in [0.1, 0.15) is 29.4 Å². The number of carboxylic acid groups (broad SMARTS) is 1. The monoisotopic (exact) mass is 292 g/mol. The highest BCUT2D eigenvalue weighted by Gasteiger charge is 2.33. The van der Waals surface area contributed by atoms with Crippen LogP contribution in [0, 0.1) is 0 Å². The number of halogens is 3. The van der Waals surface area contributed by atoms with E-state index in [2.05, 4.69) is 10.3 Å². The molecule has 0 spiro atoms. The van der Waals surface area contributed by atoms with Gasteiger partial charge >= 0.3 is 12.1 Å². The number of ether oxygens (including phenoxy) is 1. The molecule has 1 atom stereocenters. The first kappa shape index (κ1) is 16.2. The number of hydrogen-bond acceptors (Lipinski definition) is 4. The molecule has 0 fully saturated rings. The molecule has 0 saturated carbocycles. The number of methoxy groups -OCH3 is 1. The standard InChI is InChI=1S/C12H15F3N2O3/c1-3-7(6-20-2)16-10-8(11(18)19)4-5-9(17-10)12(13,14)15/h4-5,7H,3,6H2,1-2H3,(H,16,17)(H,18,19). The summed E-state index contributed by atoms with van der Waals surface area (Å²) in [4.78, 5) is 14.4. The number of nitrogens with zero attached hydrogens (tertiary/aromatic N) is 1. The van der Waals surface area contributed by atoms with Crippen molar-refractivity contribution in [3.05, 3.63) is 23.4 Å². The van der Waals surface area contributed by atoms with Crippen LogP contribution in [-0.2, 0) is 10.9 Å². The molecule has 0 amide bonds. The second-order valence-corrected chi connectivity index (χ2v) is 4.10. The quantitative estimate of drug-likeness (QED) is 0.843. The Labute approximate surface area is 113 Å². The number of rotatable bonds is 6. The Hall–Kier alpha value is -1.83. The van der Waals surface area contributed by atoms with E-state index < -0.39 is 17.8 Å². The van der Waals surface area contributed by atoms with Gasteiger partial charge in [0.1, 0.15) is 17.1 Å². The molecule has 1 rings (SSSR count). The number of nitrogens with one attached hydrogen (secondary N) is 1. The second-order valence-electron chi connectivity index (χ2n) is 4.10. The summed E-state index contributed by atoms with van der Waals surface area (Å²) in [6.07, 6.45) is -4.08. The van der Waals surface area contributed by atoms with Crippen LogP contribution in [0.25, 0.3) is 0 Å². The number of carbonyl (C=O) groups is 1. The Balaban J connectivity index is 3.15. The van der Waals surface area contributed by atoms with Crippen LogP contribution in [0.5, 0.6) is 0 Å². The van der Waals surface area contributed by atoms with Crippen LogP contribution in [0.4, 0.5) is 19.0 Å². The summed E-state index contributed by atoms with van der Waals surface area (Å²) in [5.74, 6) is -1.66. The number of aromatic nitrogens is 1. The normalized spacial score (nSPS) is 13.1. The molecule has 0 bridgehead atoms. The average molecular weight is 292 g/mol. The number of anilines is 1. The maximum absolute atomic E-state index is 12.6. The molecule has 1 aromatic heterocycles. The van der Waals surface area contributed by atoms with Gasteiger partial charge in [-0.05, 0) is 18.6 Å². The molecule has 0 aromatic carbocycles. The summed E-state index contributed by atoms with van der Waals surface area (Å²) >= 11 is 0. The van der Waals surface area contributed by atoms with Crippen LogP contribution in [-0.4, -0.2) is 35.8 Å². The number of alkyl halides is 3. The summed E-state index contributed by atoms with van der Waals surface area (Å²) in [7, 11) is 1.45. The Morgan fingerprint density at radius 3 is 2.60 bits per heavy atom. The maximum atomic E-state index is 12.6. The molecule has 0 aliphatic rings. The van der Waals surface area contributed by atoms with E-state index in [1.165, 1.54) is 7.11 Å². The van der Waals surface area contributed by atoms with Crippen molar-refractivity contribution in [2.45, 2.75) is 25.6 Å². The second kappa shape index (κ2) is 6.56. The molecule has 0 saturated heterocycles. The van der Waals surface area contributed by atoms with E-state index in [-0.39, 0.29) is 24.0 Å². The van der Waals surface area contributed by atoms with Crippen LogP contribution < -0.4 is 5.32 Å². The van der Waals surface area contributed by atoms with Gasteiger partial charge in [0.15, 0.2) is 0 Å². The lowest BCUT2D eigenvalue weighted by Crippen LogP contribution is -2.26. The maximum Gasteiger partial charge on any atom is 0.433 e. The van der Waals surface area contributed by atoms with Gasteiger partial charge in [-0.15, -0.1) is 0 Å². The highest BCUT2D eigenvalue weighted by Crippen LogP contribution is 2.29. The van der Waals surface area contributed by atoms with Gasteiger partial charge in [0.2, 0.25) is 0 Å². The van der Waals surface area contributed by atoms with Gasteiger partial charge in [0.05, 0.1) is 12.6 Å². The average Bonchev–Trinajstić information content (AvgIpc) is 2.36. The third-order valence-corrected chi connectivity index (χ3v) is 2.62. The summed E-state index contributed by atoms with van der Waals surface area (Å²) in [5.41, 5.74) is -1.45. The molecule has 112 valence electrons. The zero-order chi connectivity index (χ0) is 15.3. The highest BCUT2D eigenvalue weighted by molar-refractivity contribution is 5.93. The minimum absolute atomic E-state index is 0.230. The van der Waals surface area contributed by atoms with E-state index in [1.54, 1.807) is 6.92 Å². The van der Waals surface area contributed by atoms with E-state index in [1.807, 2.05) is 0 Å². The van der Waals surface area contributed by atoms with E-state index >= 15 is 0 Å². The number of pyridine rings is 1. The summed E-state index contributed by atoms with van der Waals surface area (Å²) < 4.78 is 42.7. The van der Waals surface area contributed by atoms with Gasteiger partial charge in [-0.3, -0.25) is 0 Å². The molecule has 2 N–H and O–H groups in total. The lowest BCUT2D eigenvalue weighted by atomic mass is 10.2. The van der Waals surface area contributed by atoms with E-state index in [4.69, 9.17) is 9.84 Å². The molecule has 1 unspecified atom stereocenters. The summed E-state index contributed by atoms with van der Waals surface area (Å²) in [6.45, 7) is 2.03. The summed E-state index contributed by atoms with van der Waals surface area (Å²) in [5, 5.41) is 11.7. The van der Waals surface area contributed by atoms with Crippen molar-refractivity contribution in [2.24, 2.45) is 0 Å². The number of aromatic carboxylic acids is 1. The molecule has 8 heteroatoms. The minimum Gasteiger partial charge on any atom is -0.478 e. The molecular weight excluding hydrogens is 277 g/mol. The molecule has 1 aromatic rings. The topological polar surface area (TPSA) is 71.5 Å². The van der Waals surface area contributed by atoms with Crippen LogP contribution in [0.2, 0.25) is 0 Å². The Bertz CT molecular complexity index is 478. The predicted octanol–water partition coefficient (Wildman–Crippen LogP) is 2.64. The lowest BCUT2D eigenvalue weighted by Gasteiger charge is -2.19. The fourth-order valence-electron chi connectivity index (χ4n) is 1.56. The third-order valence-electron chi connectivity index (χ3n) is 2.62. The van der Waals surface area contributed by atoms with E-state index in [0.29, 0.717) is 12.5 Å². The Kier molecular flexibility index (Phi) is 5.32. The first-order valence-corrected chi connectivity index (χ1v) is 5.86. The number of carboxylic acids is 1. The fourth-order valence-corrected chi connectivity index (χ4v) is 1.56. The van der Waals surface area contributed by atoms with Crippen LogP contribution in [0.3, 0.4) is 0 Å². The largest absolute Gasteiger partial charge is 0.478 e. The van der Waals surface area contributed by atoms with Crippen molar-refractivity contribution in [1.29, 1.82) is 0 Å². The molecule has 0 aliphatic carbocycles. The SMILES string of the molecule is CCC(COC)Nc1nc(C(F)(F)F)ccc1C(=O)O. The molecule has 0 aliphatic heterocycles. The van der Waals surface area contributed by atoms with Gasteiger partial charge in [-0.25, -0.2) is 9.78 Å². The third kappa shape index (κ3) is 4.09. The summed E-state index contributed by atoms with van der Waals surface area (Å²) in [6, 6.07) is 1.21. The molecule has 1 heterocycles. The van der Waals surface area contributed by atoms with Crippen LogP contribution in [0.15, 0.2) is 12.1 Å². The van der Waals surface area contributed by atoms with Crippen molar-refractivity contribution < 1.29 is 27.8 Å². The molecule has 0 radical (unpaired) electrons. The minimum atomic E-state index is -4.63. The van der Waals surface area contributed by atoms with Gasteiger partial charge < -0.3 is 15.2 Å². The van der Waals surface area contributed by atoms with Crippen molar-refractivity contribution in [3.63, 3.8) is 0 Å². The molecular formula is C12H15F3N2O3. The predicted molar refractivity (Wildman–Crippen MR) is 65.8 cm³/mol. The Morgan fingerprint density at radius 2 is 2.15 bits per heavy atom. The Morgan fingerprint density at radius 1 is 1.50 bits per heavy atom. The van der Waals surface area contributed by atoms with Crippen LogP contribution >= 0.6 is 0 Å². The highest BCUT2D eigenvalue weighted by atomic mass is 19.4. The van der Waals surface area contributed by atoms with Gasteiger partial charge in [0, 0.05) is 7.11 Å². The first-order chi connectivity index (χ1) is 9.29. The molecule has 5 nitrogen and oxygen atoms in total. The van der Waals surface area contributed by atoms with Gasteiger partial charge in [-0.2, -0.15) is 13.2 Å². The zero-order valence-corrected chi connectivity index (χ0v) is 11.0. The van der Waals surface area contributed by atoms with Crippen molar-refractivity contribution >= 4 is 11.8 Å². The fraction of sp³-hybridized carbons (Fsp3) is 0.500. The zero-order valence-electron chi connectivity index (χ0n) is 11.0. The van der Waals surface area contributed by atoms with E-state index in [0.717, 1.165) is 6.07 Å². The molecule has 20 heavy (non-hydrogen) atoms. The smallest absolute Gasteiger partial charge is 0.433 e. The van der Waals surface area contributed by atoms with Gasteiger partial charge in [0.25, 0.3) is 0 Å². The van der Waals surface area contributed by atoms with Crippen molar-refractivity contribution in [3.8, 4) is 0 Å². The van der Waals surface area contributed by atoms with Crippen molar-refractivity contribution in [1.82, 2.24) is 4.98 Å². The first-order valence-electron chi connectivity index (χ1n) is 5.86. The van der Waals surface area contributed by atoms with E-state index in [9.17, 15) is 18.0 Å². The number of hydrogen-bond donors (Lipinski definition) is 2. The van der Waals surface area contributed by atoms with Gasteiger partial charge in [-0.1, -0.05) is 6.92 Å². The van der Waals surface area contributed by atoms with Crippen molar-refractivity contribution in [2.75, 3.05) is 19.0 Å². The lowest BCUT2D eigenvalue weighted by molar-refractivity contribution is -0.141.